The molecule has 0 radical (unpaired) electrons. The van der Waals surface area contributed by atoms with Gasteiger partial charge in [0.15, 0.2) is 0 Å². The Morgan fingerprint density at radius 3 is 2.07 bits per heavy atom. The summed E-state index contributed by atoms with van der Waals surface area (Å²) in [6, 6.07) is 0. The summed E-state index contributed by atoms with van der Waals surface area (Å²) in [7, 11) is 2.19. The maximum absolute atomic E-state index is 3.36. The molecule has 0 amide bonds. The summed E-state index contributed by atoms with van der Waals surface area (Å²) in [4.78, 5) is 2.38. The van der Waals surface area contributed by atoms with E-state index in [1.165, 1.54) is 25.9 Å². The summed E-state index contributed by atoms with van der Waals surface area (Å²) in [6.45, 7) is 10.7. The van der Waals surface area contributed by atoms with Gasteiger partial charge in [-0.15, -0.1) is 5.92 Å². The zero-order valence-corrected chi connectivity index (χ0v) is 10.4. The molecule has 14 heavy (non-hydrogen) atoms. The fraction of sp³-hybridized carbons (Fsp3) is 0.846. The first kappa shape index (κ1) is 13.5. The number of hydrogen-bond acceptors (Lipinski definition) is 1. The molecule has 1 aliphatic rings. The van der Waals surface area contributed by atoms with Crippen molar-refractivity contribution in [3.8, 4) is 11.8 Å². The summed E-state index contributed by atoms with van der Waals surface area (Å²) in [5.74, 6) is 7.83. The molecular formula is C13H25N. The average molecular weight is 195 g/mol. The summed E-state index contributed by atoms with van der Waals surface area (Å²) in [5.41, 5.74) is 0. The summed E-state index contributed by atoms with van der Waals surface area (Å²) in [5, 5.41) is 0. The maximum Gasteiger partial charge on any atom is 0.0227 e. The van der Waals surface area contributed by atoms with Crippen LogP contribution in [0.4, 0.5) is 0 Å². The van der Waals surface area contributed by atoms with Gasteiger partial charge in [0.2, 0.25) is 0 Å². The summed E-state index contributed by atoms with van der Waals surface area (Å²) < 4.78 is 0. The quantitative estimate of drug-likeness (QED) is 0.537. The Hall–Kier alpha value is -0.480. The number of hydrogen-bond donors (Lipinski definition) is 0. The van der Waals surface area contributed by atoms with Crippen molar-refractivity contribution in [2.45, 2.75) is 40.5 Å². The molecular weight excluding hydrogens is 170 g/mol. The molecule has 0 bridgehead atoms. The Labute approximate surface area is 89.9 Å². The molecule has 0 atom stereocenters. The maximum atomic E-state index is 3.36. The van der Waals surface area contributed by atoms with Crippen LogP contribution in [0.5, 0.6) is 0 Å². The molecule has 0 aromatic carbocycles. The number of likely N-dealkylation sites (tertiary alicyclic amines) is 1. The van der Waals surface area contributed by atoms with Gasteiger partial charge in [0.05, 0.1) is 0 Å². The van der Waals surface area contributed by atoms with E-state index in [9.17, 15) is 0 Å². The summed E-state index contributed by atoms with van der Waals surface area (Å²) in [6.07, 6.45) is 2.52. The zero-order chi connectivity index (χ0) is 11.0. The summed E-state index contributed by atoms with van der Waals surface area (Å²) >= 11 is 0. The lowest BCUT2D eigenvalue weighted by atomic mass is 9.97. The second-order valence-corrected chi connectivity index (χ2v) is 4.02. The topological polar surface area (TPSA) is 3.24 Å². The average Bonchev–Trinajstić information content (AvgIpc) is 2.20. The first-order valence-electron chi connectivity index (χ1n) is 5.88. The molecule has 0 saturated carbocycles. The fourth-order valence-electron chi connectivity index (χ4n) is 1.44. The van der Waals surface area contributed by atoms with Gasteiger partial charge in [0, 0.05) is 11.8 Å². The smallest absolute Gasteiger partial charge is 0.0227 e. The third-order valence-corrected chi connectivity index (χ3v) is 2.29. The highest BCUT2D eigenvalue weighted by molar-refractivity contribution is 5.06. The van der Waals surface area contributed by atoms with E-state index in [1.54, 1.807) is 0 Å². The van der Waals surface area contributed by atoms with Crippen molar-refractivity contribution in [1.29, 1.82) is 0 Å². The molecule has 1 saturated heterocycles. The van der Waals surface area contributed by atoms with Gasteiger partial charge in [0.25, 0.3) is 0 Å². The minimum absolute atomic E-state index is 0.532. The molecule has 0 aromatic rings. The molecule has 1 rings (SSSR count). The van der Waals surface area contributed by atoms with Gasteiger partial charge in [-0.25, -0.2) is 0 Å². The molecule has 0 aromatic heterocycles. The van der Waals surface area contributed by atoms with Crippen LogP contribution in [-0.4, -0.2) is 25.0 Å². The predicted octanol–water partition coefficient (Wildman–Crippen LogP) is 3.01. The minimum atomic E-state index is 0.532. The highest BCUT2D eigenvalue weighted by atomic mass is 15.1. The highest BCUT2D eigenvalue weighted by Gasteiger charge is 2.13. The third-order valence-electron chi connectivity index (χ3n) is 2.29. The van der Waals surface area contributed by atoms with E-state index in [-0.39, 0.29) is 0 Å². The van der Waals surface area contributed by atoms with E-state index in [2.05, 4.69) is 37.6 Å². The Morgan fingerprint density at radius 1 is 1.14 bits per heavy atom. The molecule has 0 N–H and O–H groups in total. The van der Waals surface area contributed by atoms with Crippen LogP contribution < -0.4 is 0 Å². The zero-order valence-electron chi connectivity index (χ0n) is 10.4. The molecule has 0 spiro atoms. The SMILES string of the molecule is CC.CC(C)C#CC1CCN(C)CC1. The molecule has 0 unspecified atom stereocenters. The van der Waals surface area contributed by atoms with Crippen molar-refractivity contribution in [3.63, 3.8) is 0 Å². The van der Waals surface area contributed by atoms with Gasteiger partial charge in [0.1, 0.15) is 0 Å². The van der Waals surface area contributed by atoms with Crippen LogP contribution in [0.25, 0.3) is 0 Å². The van der Waals surface area contributed by atoms with Crippen LogP contribution in [-0.2, 0) is 0 Å². The molecule has 0 aliphatic carbocycles. The van der Waals surface area contributed by atoms with Crippen molar-refractivity contribution in [2.24, 2.45) is 11.8 Å². The molecule has 1 aliphatic heterocycles. The minimum Gasteiger partial charge on any atom is -0.306 e. The monoisotopic (exact) mass is 195 g/mol. The highest BCUT2D eigenvalue weighted by Crippen LogP contribution is 2.14. The van der Waals surface area contributed by atoms with E-state index in [4.69, 9.17) is 0 Å². The van der Waals surface area contributed by atoms with Crippen LogP contribution in [0.2, 0.25) is 0 Å². The normalized spacial score (nSPS) is 18.1. The number of nitrogens with zero attached hydrogens (tertiary/aromatic N) is 1. The second-order valence-electron chi connectivity index (χ2n) is 4.02. The van der Waals surface area contributed by atoms with Crippen LogP contribution in [0.1, 0.15) is 40.5 Å². The molecule has 1 nitrogen and oxygen atoms in total. The van der Waals surface area contributed by atoms with Crippen molar-refractivity contribution in [3.05, 3.63) is 0 Å². The molecule has 1 heteroatoms. The lowest BCUT2D eigenvalue weighted by molar-refractivity contribution is 0.248. The lowest BCUT2D eigenvalue weighted by Gasteiger charge is -2.25. The van der Waals surface area contributed by atoms with Crippen LogP contribution in [0.3, 0.4) is 0 Å². The van der Waals surface area contributed by atoms with Crippen LogP contribution in [0, 0.1) is 23.7 Å². The largest absolute Gasteiger partial charge is 0.306 e. The number of piperidine rings is 1. The lowest BCUT2D eigenvalue weighted by Crippen LogP contribution is -2.29. The third kappa shape index (κ3) is 6.05. The van der Waals surface area contributed by atoms with Gasteiger partial charge in [-0.2, -0.15) is 0 Å². The van der Waals surface area contributed by atoms with Crippen LogP contribution >= 0.6 is 0 Å². The molecule has 1 fully saturated rings. The standard InChI is InChI=1S/C11H19N.C2H6/c1-10(2)4-5-11-6-8-12(3)9-7-11;1-2/h10-11H,6-9H2,1-3H3;1-2H3. The predicted molar refractivity (Wildman–Crippen MR) is 64.2 cm³/mol. The van der Waals surface area contributed by atoms with Crippen molar-refractivity contribution in [2.75, 3.05) is 20.1 Å². The first-order valence-corrected chi connectivity index (χ1v) is 5.88. The van der Waals surface area contributed by atoms with Gasteiger partial charge in [-0.05, 0) is 33.0 Å². The van der Waals surface area contributed by atoms with E-state index >= 15 is 0 Å². The van der Waals surface area contributed by atoms with Gasteiger partial charge in [-0.3, -0.25) is 0 Å². The molecule has 82 valence electrons. The van der Waals surface area contributed by atoms with Gasteiger partial charge in [-0.1, -0.05) is 33.6 Å². The Bertz CT molecular complexity index is 177. The fourth-order valence-corrected chi connectivity index (χ4v) is 1.44. The Balaban J connectivity index is 0.000000791. The Kier molecular flexibility index (Phi) is 7.61. The second kappa shape index (κ2) is 7.88. The van der Waals surface area contributed by atoms with E-state index < -0.39 is 0 Å². The first-order chi connectivity index (χ1) is 6.68. The van der Waals surface area contributed by atoms with Gasteiger partial charge >= 0.3 is 0 Å². The van der Waals surface area contributed by atoms with Crippen LogP contribution in [0.15, 0.2) is 0 Å². The van der Waals surface area contributed by atoms with E-state index in [0.29, 0.717) is 11.8 Å². The van der Waals surface area contributed by atoms with E-state index in [0.717, 1.165) is 0 Å². The van der Waals surface area contributed by atoms with Crippen molar-refractivity contribution >= 4 is 0 Å². The van der Waals surface area contributed by atoms with Gasteiger partial charge < -0.3 is 4.90 Å². The van der Waals surface area contributed by atoms with Crippen molar-refractivity contribution in [1.82, 2.24) is 4.90 Å². The Morgan fingerprint density at radius 2 is 1.64 bits per heavy atom. The van der Waals surface area contributed by atoms with Crippen molar-refractivity contribution < 1.29 is 0 Å². The van der Waals surface area contributed by atoms with E-state index in [1.807, 2.05) is 13.8 Å². The number of rotatable bonds is 0. The molecule has 1 heterocycles.